The zero-order valence-corrected chi connectivity index (χ0v) is 14.8. The van der Waals surface area contributed by atoms with Gasteiger partial charge in [-0.1, -0.05) is 74.5 Å². The van der Waals surface area contributed by atoms with Gasteiger partial charge in [0.2, 0.25) is 0 Å². The van der Waals surface area contributed by atoms with Gasteiger partial charge in [-0.25, -0.2) is 0 Å². The molecule has 0 bridgehead atoms. The Labute approximate surface area is 149 Å². The van der Waals surface area contributed by atoms with Crippen LogP contribution in [0, 0.1) is 5.92 Å². The molecule has 0 spiro atoms. The van der Waals surface area contributed by atoms with Gasteiger partial charge in [-0.05, 0) is 36.1 Å². The molecule has 2 aromatic rings. The summed E-state index contributed by atoms with van der Waals surface area (Å²) in [6, 6.07) is 19.5. The highest BCUT2D eigenvalue weighted by molar-refractivity contribution is 6.34. The summed E-state index contributed by atoms with van der Waals surface area (Å²) in [6.07, 6.45) is 4.15. The van der Waals surface area contributed by atoms with Gasteiger partial charge >= 0.3 is 0 Å². The second-order valence-corrected chi connectivity index (χ2v) is 6.40. The van der Waals surface area contributed by atoms with Gasteiger partial charge in [-0.2, -0.15) is 10.1 Å². The average molecular weight is 330 g/mol. The van der Waals surface area contributed by atoms with Crippen LogP contribution in [0.4, 0.5) is 5.69 Å². The van der Waals surface area contributed by atoms with Crippen LogP contribution in [0.1, 0.15) is 26.3 Å². The van der Waals surface area contributed by atoms with Gasteiger partial charge in [0.25, 0.3) is 5.91 Å². The van der Waals surface area contributed by atoms with E-state index in [9.17, 15) is 4.79 Å². The highest BCUT2D eigenvalue weighted by Gasteiger charge is 2.31. The first kappa shape index (κ1) is 16.9. The summed E-state index contributed by atoms with van der Waals surface area (Å²) in [7, 11) is 0. The zero-order valence-electron chi connectivity index (χ0n) is 14.8. The van der Waals surface area contributed by atoms with Crippen LogP contribution >= 0.6 is 0 Å². The third kappa shape index (κ3) is 3.61. The van der Waals surface area contributed by atoms with Crippen molar-refractivity contribution in [2.45, 2.75) is 20.8 Å². The first-order valence-corrected chi connectivity index (χ1v) is 8.51. The van der Waals surface area contributed by atoms with Crippen molar-refractivity contribution < 1.29 is 4.79 Å². The number of allylic oxidation sites excluding steroid dienone is 3. The van der Waals surface area contributed by atoms with Crippen LogP contribution in [0.2, 0.25) is 0 Å². The predicted molar refractivity (Wildman–Crippen MR) is 104 cm³/mol. The quantitative estimate of drug-likeness (QED) is 0.720. The SMILES string of the molecule is CC1=NN(c2ccccc2)C(=O)/C1=C(/C=C/C(C)C)c1ccccc1. The molecule has 0 fully saturated rings. The molecule has 0 radical (unpaired) electrons. The number of carbonyl (C=O) groups excluding carboxylic acids is 1. The maximum absolute atomic E-state index is 13.1. The second kappa shape index (κ2) is 7.31. The Hall–Kier alpha value is -2.94. The number of benzene rings is 2. The molecule has 126 valence electrons. The fraction of sp³-hybridized carbons (Fsp3) is 0.182. The summed E-state index contributed by atoms with van der Waals surface area (Å²) in [5, 5.41) is 5.99. The summed E-state index contributed by atoms with van der Waals surface area (Å²) < 4.78 is 0. The van der Waals surface area contributed by atoms with Crippen LogP contribution in [0.15, 0.2) is 83.5 Å². The van der Waals surface area contributed by atoms with E-state index < -0.39 is 0 Å². The molecule has 0 saturated carbocycles. The van der Waals surface area contributed by atoms with E-state index in [1.165, 1.54) is 5.01 Å². The van der Waals surface area contributed by atoms with Crippen molar-refractivity contribution in [1.29, 1.82) is 0 Å². The van der Waals surface area contributed by atoms with Crippen molar-refractivity contribution in [3.05, 3.63) is 84.0 Å². The Bertz CT molecular complexity index is 846. The van der Waals surface area contributed by atoms with Crippen LogP contribution in [0.3, 0.4) is 0 Å². The molecule has 0 aliphatic carbocycles. The molecule has 0 aromatic heterocycles. The van der Waals surface area contributed by atoms with Gasteiger partial charge in [0, 0.05) is 0 Å². The van der Waals surface area contributed by atoms with Crippen LogP contribution in [-0.4, -0.2) is 11.6 Å². The van der Waals surface area contributed by atoms with E-state index in [1.54, 1.807) is 0 Å². The van der Waals surface area contributed by atoms with E-state index in [2.05, 4.69) is 25.0 Å². The Morgan fingerprint density at radius 2 is 1.60 bits per heavy atom. The van der Waals surface area contributed by atoms with E-state index in [0.29, 0.717) is 11.5 Å². The normalized spacial score (nSPS) is 16.7. The Balaban J connectivity index is 2.11. The number of rotatable bonds is 4. The van der Waals surface area contributed by atoms with Gasteiger partial charge in [0.05, 0.1) is 17.0 Å². The standard InChI is InChI=1S/C22H22N2O/c1-16(2)14-15-20(18-10-6-4-7-11-18)21-17(3)23-24(22(21)25)19-12-8-5-9-13-19/h4-16H,1-3H3/b15-14+,21-20-. The Morgan fingerprint density at radius 3 is 2.20 bits per heavy atom. The monoisotopic (exact) mass is 330 g/mol. The maximum Gasteiger partial charge on any atom is 0.281 e. The zero-order chi connectivity index (χ0) is 17.8. The fourth-order valence-electron chi connectivity index (χ4n) is 2.79. The van der Waals surface area contributed by atoms with Gasteiger partial charge < -0.3 is 0 Å². The first-order chi connectivity index (χ1) is 12.1. The van der Waals surface area contributed by atoms with Gasteiger partial charge in [0.15, 0.2) is 0 Å². The first-order valence-electron chi connectivity index (χ1n) is 8.51. The number of para-hydroxylation sites is 1. The lowest BCUT2D eigenvalue weighted by molar-refractivity contribution is -0.114. The number of hydrogen-bond acceptors (Lipinski definition) is 2. The van der Waals surface area contributed by atoms with Crippen LogP contribution in [-0.2, 0) is 4.79 Å². The van der Waals surface area contributed by atoms with Crippen LogP contribution in [0.5, 0.6) is 0 Å². The fourth-order valence-corrected chi connectivity index (χ4v) is 2.79. The Kier molecular flexibility index (Phi) is 4.94. The van der Waals surface area contributed by atoms with E-state index in [1.807, 2.05) is 73.7 Å². The van der Waals surface area contributed by atoms with Crippen molar-refractivity contribution in [3.63, 3.8) is 0 Å². The minimum absolute atomic E-state index is 0.0871. The predicted octanol–water partition coefficient (Wildman–Crippen LogP) is 5.08. The molecule has 2 aromatic carbocycles. The molecule has 1 aliphatic heterocycles. The number of carbonyl (C=O) groups is 1. The van der Waals surface area contributed by atoms with E-state index in [-0.39, 0.29) is 5.91 Å². The van der Waals surface area contributed by atoms with Gasteiger partial charge in [0.1, 0.15) is 0 Å². The molecule has 0 N–H and O–H groups in total. The van der Waals surface area contributed by atoms with Crippen molar-refractivity contribution in [2.24, 2.45) is 11.0 Å². The lowest BCUT2D eigenvalue weighted by atomic mass is 9.95. The minimum atomic E-state index is -0.0871. The molecule has 0 atom stereocenters. The van der Waals surface area contributed by atoms with E-state index in [0.717, 1.165) is 22.5 Å². The van der Waals surface area contributed by atoms with Crippen molar-refractivity contribution in [3.8, 4) is 0 Å². The summed E-state index contributed by atoms with van der Waals surface area (Å²) in [6.45, 7) is 6.14. The van der Waals surface area contributed by atoms with Crippen molar-refractivity contribution >= 4 is 22.9 Å². The molecular formula is C22H22N2O. The number of amides is 1. The lowest BCUT2D eigenvalue weighted by Crippen LogP contribution is -2.22. The van der Waals surface area contributed by atoms with E-state index in [4.69, 9.17) is 0 Å². The topological polar surface area (TPSA) is 32.7 Å². The smallest absolute Gasteiger partial charge is 0.267 e. The number of anilines is 1. The Morgan fingerprint density at radius 1 is 1.00 bits per heavy atom. The van der Waals surface area contributed by atoms with Crippen LogP contribution in [0.25, 0.3) is 5.57 Å². The highest BCUT2D eigenvalue weighted by atomic mass is 16.2. The average Bonchev–Trinajstić information content (AvgIpc) is 2.92. The summed E-state index contributed by atoms with van der Waals surface area (Å²) in [4.78, 5) is 13.1. The molecule has 1 amide bonds. The molecule has 1 heterocycles. The third-order valence-electron chi connectivity index (χ3n) is 4.02. The molecule has 3 nitrogen and oxygen atoms in total. The van der Waals surface area contributed by atoms with Gasteiger partial charge in [-0.3, -0.25) is 4.79 Å². The number of hydrazone groups is 1. The van der Waals surface area contributed by atoms with Crippen LogP contribution < -0.4 is 5.01 Å². The second-order valence-electron chi connectivity index (χ2n) is 6.40. The minimum Gasteiger partial charge on any atom is -0.267 e. The number of hydrogen-bond donors (Lipinski definition) is 0. The maximum atomic E-state index is 13.1. The largest absolute Gasteiger partial charge is 0.281 e. The molecule has 3 heteroatoms. The lowest BCUT2D eigenvalue weighted by Gasteiger charge is -2.13. The van der Waals surface area contributed by atoms with E-state index >= 15 is 0 Å². The molecule has 3 rings (SSSR count). The van der Waals surface area contributed by atoms with Crippen molar-refractivity contribution in [1.82, 2.24) is 0 Å². The van der Waals surface area contributed by atoms with Gasteiger partial charge in [-0.15, -0.1) is 0 Å². The summed E-state index contributed by atoms with van der Waals surface area (Å²) in [5.41, 5.74) is 4.11. The summed E-state index contributed by atoms with van der Waals surface area (Å²) in [5.74, 6) is 0.314. The third-order valence-corrected chi connectivity index (χ3v) is 4.02. The molecule has 1 aliphatic rings. The molecule has 0 unspecified atom stereocenters. The number of nitrogens with zero attached hydrogens (tertiary/aromatic N) is 2. The molecule has 0 saturated heterocycles. The molecule has 25 heavy (non-hydrogen) atoms. The van der Waals surface area contributed by atoms with Crippen molar-refractivity contribution in [2.75, 3.05) is 5.01 Å². The molecular weight excluding hydrogens is 308 g/mol. The summed E-state index contributed by atoms with van der Waals surface area (Å²) >= 11 is 0. The highest BCUT2D eigenvalue weighted by Crippen LogP contribution is 2.30.